The van der Waals surface area contributed by atoms with Gasteiger partial charge in [0.25, 0.3) is 0 Å². The largest absolute Gasteiger partial charge is 0.486 e. The summed E-state index contributed by atoms with van der Waals surface area (Å²) in [5, 5.41) is -0.668. The maximum atomic E-state index is 11.6. The maximum absolute atomic E-state index is 11.6. The van der Waals surface area contributed by atoms with Crippen LogP contribution in [0.3, 0.4) is 0 Å². The summed E-state index contributed by atoms with van der Waals surface area (Å²) in [6, 6.07) is 3.55. The van der Waals surface area contributed by atoms with Crippen molar-refractivity contribution in [3.63, 3.8) is 0 Å². The minimum absolute atomic E-state index is 0.430. The Morgan fingerprint density at radius 2 is 1.89 bits per heavy atom. The molecule has 0 radical (unpaired) electrons. The number of sulfone groups is 1. The first-order chi connectivity index (χ1) is 8.95. The molecule has 0 saturated carbocycles. The summed E-state index contributed by atoms with van der Waals surface area (Å²) < 4.78 is 34.1. The zero-order valence-corrected chi connectivity index (χ0v) is 11.5. The Labute approximate surface area is 110 Å². The van der Waals surface area contributed by atoms with Gasteiger partial charge in [0.2, 0.25) is 0 Å². The van der Waals surface area contributed by atoms with Crippen LogP contribution >= 0.6 is 0 Å². The topological polar surface area (TPSA) is 81.3 Å². The lowest BCUT2D eigenvalue weighted by Gasteiger charge is -2.17. The zero-order valence-electron chi connectivity index (χ0n) is 10.6. The van der Waals surface area contributed by atoms with E-state index < -0.39 is 15.1 Å². The molecule has 1 unspecified atom stereocenters. The number of rotatable bonds is 2. The molecule has 1 aromatic heterocycles. The number of aromatic amines is 1. The van der Waals surface area contributed by atoms with Crippen molar-refractivity contribution in [1.82, 2.24) is 9.97 Å². The van der Waals surface area contributed by atoms with Crippen LogP contribution in [0.25, 0.3) is 11.0 Å². The number of benzene rings is 1. The van der Waals surface area contributed by atoms with Crippen LogP contribution in [0.5, 0.6) is 11.5 Å². The van der Waals surface area contributed by atoms with Crippen LogP contribution in [0.4, 0.5) is 0 Å². The number of H-pyrrole nitrogens is 1. The minimum atomic E-state index is -3.18. The van der Waals surface area contributed by atoms with Gasteiger partial charge in [-0.2, -0.15) is 0 Å². The lowest BCUT2D eigenvalue weighted by atomic mass is 10.2. The van der Waals surface area contributed by atoms with Gasteiger partial charge in [-0.05, 0) is 6.92 Å². The third-order valence-electron chi connectivity index (χ3n) is 3.19. The SMILES string of the molecule is CC(c1nc2cc3c(cc2[nH]1)OCCO3)S(C)(=O)=O. The van der Waals surface area contributed by atoms with Crippen molar-refractivity contribution in [2.24, 2.45) is 0 Å². The van der Waals surface area contributed by atoms with Gasteiger partial charge in [0, 0.05) is 18.4 Å². The number of hydrogen-bond donors (Lipinski definition) is 1. The summed E-state index contributed by atoms with van der Waals surface area (Å²) in [4.78, 5) is 7.34. The molecule has 0 fully saturated rings. The fourth-order valence-corrected chi connectivity index (χ4v) is 2.48. The summed E-state index contributed by atoms with van der Waals surface area (Å²) >= 11 is 0. The van der Waals surface area contributed by atoms with Gasteiger partial charge >= 0.3 is 0 Å². The molecule has 1 N–H and O–H groups in total. The number of fused-ring (bicyclic) bond motifs is 2. The highest BCUT2D eigenvalue weighted by Crippen LogP contribution is 2.34. The van der Waals surface area contributed by atoms with Gasteiger partial charge in [-0.3, -0.25) is 0 Å². The minimum Gasteiger partial charge on any atom is -0.486 e. The third kappa shape index (κ3) is 2.14. The Kier molecular flexibility index (Phi) is 2.67. The van der Waals surface area contributed by atoms with E-state index in [4.69, 9.17) is 9.47 Å². The molecule has 0 saturated heterocycles. The molecule has 0 amide bonds. The molecule has 0 aliphatic carbocycles. The van der Waals surface area contributed by atoms with E-state index >= 15 is 0 Å². The highest BCUT2D eigenvalue weighted by Gasteiger charge is 2.22. The smallest absolute Gasteiger partial charge is 0.163 e. The average Bonchev–Trinajstić information content (AvgIpc) is 2.76. The van der Waals surface area contributed by atoms with Gasteiger partial charge in [0.15, 0.2) is 21.3 Å². The molecule has 0 bridgehead atoms. The highest BCUT2D eigenvalue weighted by molar-refractivity contribution is 7.90. The predicted molar refractivity (Wildman–Crippen MR) is 70.3 cm³/mol. The Bertz CT molecular complexity index is 693. The van der Waals surface area contributed by atoms with E-state index in [1.165, 1.54) is 6.26 Å². The Hall–Kier alpha value is -1.76. The number of nitrogens with one attached hydrogen (secondary N) is 1. The number of hydrogen-bond acceptors (Lipinski definition) is 5. The summed E-state index contributed by atoms with van der Waals surface area (Å²) in [7, 11) is -3.18. The summed E-state index contributed by atoms with van der Waals surface area (Å²) in [5.41, 5.74) is 1.42. The molecule has 1 aliphatic rings. The van der Waals surface area contributed by atoms with Crippen molar-refractivity contribution in [1.29, 1.82) is 0 Å². The van der Waals surface area contributed by atoms with Crippen LogP contribution < -0.4 is 9.47 Å². The average molecular weight is 282 g/mol. The molecular weight excluding hydrogens is 268 g/mol. The highest BCUT2D eigenvalue weighted by atomic mass is 32.2. The van der Waals surface area contributed by atoms with Crippen LogP contribution in [0.15, 0.2) is 12.1 Å². The Morgan fingerprint density at radius 3 is 2.53 bits per heavy atom. The van der Waals surface area contributed by atoms with Crippen molar-refractivity contribution in [3.05, 3.63) is 18.0 Å². The van der Waals surface area contributed by atoms with Gasteiger partial charge in [0.05, 0.1) is 11.0 Å². The van der Waals surface area contributed by atoms with Crippen LogP contribution in [-0.4, -0.2) is 37.9 Å². The first kappa shape index (κ1) is 12.3. The molecule has 3 rings (SSSR count). The van der Waals surface area contributed by atoms with E-state index in [1.54, 1.807) is 19.1 Å². The van der Waals surface area contributed by atoms with Crippen molar-refractivity contribution in [2.45, 2.75) is 12.2 Å². The molecule has 102 valence electrons. The number of aromatic nitrogens is 2. The fourth-order valence-electron chi connectivity index (χ4n) is 1.96. The van der Waals surface area contributed by atoms with E-state index in [-0.39, 0.29) is 0 Å². The Balaban J connectivity index is 2.11. The molecular formula is C12H14N2O4S. The third-order valence-corrected chi connectivity index (χ3v) is 4.70. The molecule has 1 aromatic carbocycles. The van der Waals surface area contributed by atoms with Gasteiger partial charge in [-0.25, -0.2) is 13.4 Å². The van der Waals surface area contributed by atoms with E-state index in [2.05, 4.69) is 9.97 Å². The van der Waals surface area contributed by atoms with E-state index in [0.29, 0.717) is 36.1 Å². The van der Waals surface area contributed by atoms with Crippen molar-refractivity contribution in [3.8, 4) is 11.5 Å². The summed E-state index contributed by atoms with van der Waals surface area (Å²) in [5.74, 6) is 1.73. The second kappa shape index (κ2) is 4.12. The molecule has 1 atom stereocenters. The summed E-state index contributed by atoms with van der Waals surface area (Å²) in [6.07, 6.45) is 1.20. The molecule has 1 aliphatic heterocycles. The van der Waals surface area contributed by atoms with Crippen molar-refractivity contribution in [2.75, 3.05) is 19.5 Å². The number of nitrogens with zero attached hydrogens (tertiary/aromatic N) is 1. The lowest BCUT2D eigenvalue weighted by molar-refractivity contribution is 0.172. The Morgan fingerprint density at radius 1 is 1.26 bits per heavy atom. The fraction of sp³-hybridized carbons (Fsp3) is 0.417. The van der Waals surface area contributed by atoms with Crippen LogP contribution in [0.1, 0.15) is 18.0 Å². The van der Waals surface area contributed by atoms with Gasteiger partial charge < -0.3 is 14.5 Å². The van der Waals surface area contributed by atoms with Crippen LogP contribution in [-0.2, 0) is 9.84 Å². The monoisotopic (exact) mass is 282 g/mol. The van der Waals surface area contributed by atoms with E-state index in [0.717, 1.165) is 5.52 Å². The molecule has 6 nitrogen and oxygen atoms in total. The van der Waals surface area contributed by atoms with Crippen LogP contribution in [0, 0.1) is 0 Å². The first-order valence-electron chi connectivity index (χ1n) is 5.93. The van der Waals surface area contributed by atoms with Gasteiger partial charge in [-0.1, -0.05) is 0 Å². The van der Waals surface area contributed by atoms with Gasteiger partial charge in [0.1, 0.15) is 24.3 Å². The lowest BCUT2D eigenvalue weighted by Crippen LogP contribution is -2.15. The number of imidazole rings is 1. The molecule has 2 heterocycles. The van der Waals surface area contributed by atoms with Gasteiger partial charge in [-0.15, -0.1) is 0 Å². The normalized spacial score (nSPS) is 16.5. The molecule has 19 heavy (non-hydrogen) atoms. The van der Waals surface area contributed by atoms with E-state index in [9.17, 15) is 8.42 Å². The van der Waals surface area contributed by atoms with Crippen molar-refractivity contribution >= 4 is 20.9 Å². The molecule has 2 aromatic rings. The maximum Gasteiger partial charge on any atom is 0.163 e. The molecule has 7 heteroatoms. The summed E-state index contributed by atoms with van der Waals surface area (Å²) in [6.45, 7) is 2.63. The van der Waals surface area contributed by atoms with Crippen molar-refractivity contribution < 1.29 is 17.9 Å². The molecule has 0 spiro atoms. The quantitative estimate of drug-likeness (QED) is 0.901. The first-order valence-corrected chi connectivity index (χ1v) is 7.89. The zero-order chi connectivity index (χ0) is 13.6. The number of ether oxygens (including phenoxy) is 2. The van der Waals surface area contributed by atoms with Crippen LogP contribution in [0.2, 0.25) is 0 Å². The standard InChI is InChI=1S/C12H14N2O4S/c1-7(19(2,15)16)12-13-8-5-10-11(6-9(8)14-12)18-4-3-17-10/h5-7H,3-4H2,1-2H3,(H,13,14). The van der Waals surface area contributed by atoms with E-state index in [1.807, 2.05) is 0 Å². The second-order valence-electron chi connectivity index (χ2n) is 4.61. The predicted octanol–water partition coefficient (Wildman–Crippen LogP) is 1.44. The second-order valence-corrected chi connectivity index (χ2v) is 6.97.